The molecule has 1 aliphatic rings. The fourth-order valence-corrected chi connectivity index (χ4v) is 2.44. The van der Waals surface area contributed by atoms with Crippen LogP contribution < -0.4 is 21.5 Å². The number of hydroxylamine groups is 1. The van der Waals surface area contributed by atoms with E-state index in [1.54, 1.807) is 29.2 Å². The molecule has 0 bridgehead atoms. The van der Waals surface area contributed by atoms with E-state index in [2.05, 4.69) is 15.3 Å². The summed E-state index contributed by atoms with van der Waals surface area (Å²) < 4.78 is 31.7. The van der Waals surface area contributed by atoms with Gasteiger partial charge in [-0.3, -0.25) is 4.79 Å². The van der Waals surface area contributed by atoms with Crippen LogP contribution >= 0.6 is 0 Å². The zero-order valence-corrected chi connectivity index (χ0v) is 16.9. The van der Waals surface area contributed by atoms with Gasteiger partial charge in [-0.25, -0.2) is 14.4 Å². The van der Waals surface area contributed by atoms with Crippen LogP contribution in [0.25, 0.3) is 0 Å². The van der Waals surface area contributed by atoms with E-state index in [1.807, 2.05) is 12.4 Å². The molecule has 0 radical (unpaired) electrons. The van der Waals surface area contributed by atoms with E-state index in [1.165, 1.54) is 6.21 Å². The number of anilines is 1. The number of alkyl halides is 3. The van der Waals surface area contributed by atoms with Gasteiger partial charge < -0.3 is 26.0 Å². The van der Waals surface area contributed by atoms with Gasteiger partial charge in [-0.1, -0.05) is 19.1 Å². The molecule has 1 aromatic rings. The average molecular weight is 461 g/mol. The van der Waals surface area contributed by atoms with Crippen molar-refractivity contribution >= 4 is 35.8 Å². The van der Waals surface area contributed by atoms with Crippen LogP contribution in [-0.2, 0) is 19.2 Å². The molecule has 1 fully saturated rings. The number of hydrazone groups is 1. The van der Waals surface area contributed by atoms with Crippen molar-refractivity contribution in [1.29, 1.82) is 0 Å². The summed E-state index contributed by atoms with van der Waals surface area (Å²) in [7, 11) is 0. The van der Waals surface area contributed by atoms with Gasteiger partial charge >= 0.3 is 24.1 Å². The van der Waals surface area contributed by atoms with E-state index in [9.17, 15) is 27.6 Å². The van der Waals surface area contributed by atoms with Gasteiger partial charge in [-0.15, -0.1) is 0 Å². The van der Waals surface area contributed by atoms with Gasteiger partial charge in [-0.05, 0) is 30.5 Å². The minimum Gasteiger partial charge on any atom is -0.475 e. The quantitative estimate of drug-likeness (QED) is 0.291. The van der Waals surface area contributed by atoms with Gasteiger partial charge in [-0.2, -0.15) is 23.8 Å². The number of aliphatic carboxylic acids is 1. The lowest BCUT2D eigenvalue weighted by molar-refractivity contribution is -0.192. The highest BCUT2D eigenvalue weighted by atomic mass is 19.4. The summed E-state index contributed by atoms with van der Waals surface area (Å²) in [5, 5.41) is 13.1. The minimum atomic E-state index is -5.08. The molecule has 1 heterocycles. The Morgan fingerprint density at radius 3 is 2.41 bits per heavy atom. The van der Waals surface area contributed by atoms with Gasteiger partial charge in [0.2, 0.25) is 5.91 Å². The lowest BCUT2D eigenvalue weighted by Gasteiger charge is -2.17. The van der Waals surface area contributed by atoms with Gasteiger partial charge in [0.15, 0.2) is 0 Å². The van der Waals surface area contributed by atoms with Crippen LogP contribution in [0, 0.1) is 0 Å². The SMILES string of the molecule is CCCC(=O)ONC(=O)N[C@@H]1CCN(c2ccc(C=NN)cc2)C1=O.O=C(O)C(F)(F)F. The maximum atomic E-state index is 12.4. The molecule has 0 saturated carbocycles. The molecule has 5 N–H and O–H groups in total. The molecule has 32 heavy (non-hydrogen) atoms. The van der Waals surface area contributed by atoms with E-state index in [0.29, 0.717) is 19.4 Å². The zero-order chi connectivity index (χ0) is 24.3. The number of nitrogens with zero attached hydrogens (tertiary/aromatic N) is 2. The molecule has 0 spiro atoms. The Morgan fingerprint density at radius 1 is 1.31 bits per heavy atom. The van der Waals surface area contributed by atoms with Crippen molar-refractivity contribution in [2.24, 2.45) is 10.9 Å². The summed E-state index contributed by atoms with van der Waals surface area (Å²) in [6.45, 7) is 2.30. The van der Waals surface area contributed by atoms with Crippen LogP contribution in [0.1, 0.15) is 31.7 Å². The number of hydrogen-bond acceptors (Lipinski definition) is 7. The number of benzene rings is 1. The number of carbonyl (C=O) groups is 4. The lowest BCUT2D eigenvalue weighted by Crippen LogP contribution is -2.46. The Kier molecular flexibility index (Phi) is 9.92. The summed E-state index contributed by atoms with van der Waals surface area (Å²) >= 11 is 0. The van der Waals surface area contributed by atoms with Crippen molar-refractivity contribution in [3.8, 4) is 0 Å². The number of halogens is 3. The van der Waals surface area contributed by atoms with Crippen LogP contribution in [-0.4, -0.2) is 54.0 Å². The van der Waals surface area contributed by atoms with Gasteiger partial charge in [0.05, 0.1) is 6.21 Å². The maximum Gasteiger partial charge on any atom is 0.490 e. The molecule has 2 rings (SSSR count). The van der Waals surface area contributed by atoms with Crippen LogP contribution in [0.2, 0.25) is 0 Å². The van der Waals surface area contributed by atoms with Crippen molar-refractivity contribution < 1.29 is 42.3 Å². The van der Waals surface area contributed by atoms with Crippen molar-refractivity contribution in [2.45, 2.75) is 38.4 Å². The third-order valence-electron chi connectivity index (χ3n) is 3.89. The molecule has 1 atom stereocenters. The first-order chi connectivity index (χ1) is 15.0. The molecule has 0 unspecified atom stereocenters. The monoisotopic (exact) mass is 461 g/mol. The number of rotatable bonds is 5. The second-order valence-electron chi connectivity index (χ2n) is 6.30. The average Bonchev–Trinajstić information content (AvgIpc) is 3.07. The summed E-state index contributed by atoms with van der Waals surface area (Å²) in [5.41, 5.74) is 3.53. The van der Waals surface area contributed by atoms with E-state index in [-0.39, 0.29) is 12.3 Å². The second kappa shape index (κ2) is 12.1. The first-order valence-electron chi connectivity index (χ1n) is 9.20. The van der Waals surface area contributed by atoms with Gasteiger partial charge in [0.1, 0.15) is 6.04 Å². The topological polar surface area (TPSA) is 163 Å². The van der Waals surface area contributed by atoms with Crippen LogP contribution in [0.3, 0.4) is 0 Å². The van der Waals surface area contributed by atoms with E-state index < -0.39 is 30.2 Å². The minimum absolute atomic E-state index is 0.210. The molecular weight excluding hydrogens is 439 g/mol. The smallest absolute Gasteiger partial charge is 0.475 e. The van der Waals surface area contributed by atoms with Gasteiger partial charge in [0.25, 0.3) is 0 Å². The number of carboxylic acid groups (broad SMARTS) is 1. The van der Waals surface area contributed by atoms with Crippen LogP contribution in [0.5, 0.6) is 0 Å². The number of hydrogen-bond donors (Lipinski definition) is 4. The Morgan fingerprint density at radius 2 is 1.91 bits per heavy atom. The van der Waals surface area contributed by atoms with Crippen molar-refractivity contribution in [3.63, 3.8) is 0 Å². The normalized spacial score (nSPS) is 15.7. The highest BCUT2D eigenvalue weighted by Gasteiger charge is 2.38. The van der Waals surface area contributed by atoms with Crippen molar-refractivity contribution in [3.05, 3.63) is 29.8 Å². The highest BCUT2D eigenvalue weighted by molar-refractivity contribution is 6.01. The first kappa shape index (κ1) is 26.2. The number of urea groups is 1. The largest absolute Gasteiger partial charge is 0.490 e. The molecule has 1 aliphatic heterocycles. The lowest BCUT2D eigenvalue weighted by atomic mass is 10.2. The third kappa shape index (κ3) is 8.49. The number of nitrogens with two attached hydrogens (primary N) is 1. The Labute approximate surface area is 180 Å². The first-order valence-corrected chi connectivity index (χ1v) is 9.20. The highest BCUT2D eigenvalue weighted by Crippen LogP contribution is 2.21. The summed E-state index contributed by atoms with van der Waals surface area (Å²) in [6.07, 6.45) is -2.29. The zero-order valence-electron chi connectivity index (χ0n) is 16.9. The predicted molar refractivity (Wildman–Crippen MR) is 105 cm³/mol. The fourth-order valence-electron chi connectivity index (χ4n) is 2.44. The van der Waals surface area contributed by atoms with E-state index >= 15 is 0 Å². The van der Waals surface area contributed by atoms with Crippen LogP contribution in [0.4, 0.5) is 23.7 Å². The Bertz CT molecular complexity index is 845. The third-order valence-corrected chi connectivity index (χ3v) is 3.89. The standard InChI is InChI=1S/C16H21N5O4.C2HF3O2/c1-2-3-14(22)25-20-16(24)19-13-8-9-21(15(13)23)12-6-4-11(5-7-12)10-18-17;3-2(4,5)1(6)7/h4-7,10,13H,2-3,8-9,17H2,1H3,(H2,19,20,24);(H,6,7)/t13-;/m1./s1. The van der Waals surface area contributed by atoms with Crippen molar-refractivity contribution in [1.82, 2.24) is 10.8 Å². The van der Waals surface area contributed by atoms with Gasteiger partial charge in [0, 0.05) is 18.7 Å². The number of carbonyl (C=O) groups excluding carboxylic acids is 3. The molecule has 1 saturated heterocycles. The maximum absolute atomic E-state index is 12.4. The Balaban J connectivity index is 0.000000633. The molecule has 14 heteroatoms. The number of nitrogens with one attached hydrogen (secondary N) is 2. The molecule has 0 aliphatic carbocycles. The van der Waals surface area contributed by atoms with Crippen LogP contribution in [0.15, 0.2) is 29.4 Å². The molecular formula is C18H22F3N5O6. The summed E-state index contributed by atoms with van der Waals surface area (Å²) in [4.78, 5) is 50.4. The summed E-state index contributed by atoms with van der Waals surface area (Å²) in [5.74, 6) is 1.58. The summed E-state index contributed by atoms with van der Waals surface area (Å²) in [6, 6.07) is 5.75. The fraction of sp³-hybridized carbons (Fsp3) is 0.389. The number of carboxylic acids is 1. The van der Waals surface area contributed by atoms with Crippen molar-refractivity contribution in [2.75, 3.05) is 11.4 Å². The molecule has 1 aromatic carbocycles. The Hall–Kier alpha value is -3.84. The van der Waals surface area contributed by atoms with E-state index in [0.717, 1.165) is 11.3 Å². The second-order valence-corrected chi connectivity index (χ2v) is 6.30. The molecule has 176 valence electrons. The van der Waals surface area contributed by atoms with E-state index in [4.69, 9.17) is 15.7 Å². The molecule has 11 nitrogen and oxygen atoms in total. The predicted octanol–water partition coefficient (Wildman–Crippen LogP) is 1.28. The molecule has 0 aromatic heterocycles. The number of amides is 3. The molecule has 3 amide bonds.